The van der Waals surface area contributed by atoms with E-state index in [0.29, 0.717) is 34.1 Å². The van der Waals surface area contributed by atoms with Gasteiger partial charge in [0, 0.05) is 23.4 Å². The van der Waals surface area contributed by atoms with Crippen molar-refractivity contribution >= 4 is 39.6 Å². The Morgan fingerprint density at radius 3 is 2.56 bits per heavy atom. The Bertz CT molecular complexity index is 1420. The Morgan fingerprint density at radius 1 is 1.06 bits per heavy atom. The van der Waals surface area contributed by atoms with Crippen LogP contribution in [-0.4, -0.2) is 55.5 Å². The highest BCUT2D eigenvalue weighted by molar-refractivity contribution is 5.99. The number of aliphatic carboxylic acids is 1. The predicted octanol–water partition coefficient (Wildman–Crippen LogP) is 1.61. The maximum atomic E-state index is 15.1. The lowest BCUT2D eigenvalue weighted by Gasteiger charge is -2.09. The van der Waals surface area contributed by atoms with Crippen molar-refractivity contribution in [3.05, 3.63) is 48.0 Å². The van der Waals surface area contributed by atoms with E-state index < -0.39 is 24.3 Å². The van der Waals surface area contributed by atoms with Crippen LogP contribution < -0.4 is 10.6 Å². The van der Waals surface area contributed by atoms with Gasteiger partial charge in [-0.1, -0.05) is 19.1 Å². The minimum absolute atomic E-state index is 0.157. The van der Waals surface area contributed by atoms with Gasteiger partial charge in [0.2, 0.25) is 11.8 Å². The van der Waals surface area contributed by atoms with Crippen LogP contribution in [-0.2, 0) is 34.4 Å². The van der Waals surface area contributed by atoms with Gasteiger partial charge in [0.25, 0.3) is 0 Å². The van der Waals surface area contributed by atoms with Gasteiger partial charge in [-0.05, 0) is 30.2 Å². The van der Waals surface area contributed by atoms with Crippen LogP contribution in [0, 0.1) is 5.82 Å². The number of aryl methyl sites for hydroxylation is 2. The summed E-state index contributed by atoms with van der Waals surface area (Å²) in [6, 6.07) is 8.61. The largest absolute Gasteiger partial charge is 0.480 e. The Kier molecular flexibility index (Phi) is 6.26. The first-order chi connectivity index (χ1) is 16.3. The van der Waals surface area contributed by atoms with E-state index in [0.717, 1.165) is 10.9 Å². The van der Waals surface area contributed by atoms with Gasteiger partial charge < -0.3 is 15.7 Å². The number of carbonyl (C=O) groups excluding carboxylic acids is 2. The first kappa shape index (κ1) is 22.9. The standard InChI is InChI=1S/C23H23FN6O4/c1-3-17-23-14(15-8-19-13(7-16(15)24)9-27-29(19)2)5-4-6-18(23)30(28-17)12-21(32)25-10-20(31)26-11-22(33)34/h4-9H,3,10-12H2,1-2H3,(H,25,32)(H,26,31)(H,33,34). The van der Waals surface area contributed by atoms with E-state index in [9.17, 15) is 14.4 Å². The van der Waals surface area contributed by atoms with E-state index in [-0.39, 0.29) is 18.9 Å². The second kappa shape index (κ2) is 9.30. The average Bonchev–Trinajstić information content (AvgIpc) is 3.35. The van der Waals surface area contributed by atoms with Crippen molar-refractivity contribution in [1.29, 1.82) is 0 Å². The molecule has 2 aromatic carbocycles. The highest BCUT2D eigenvalue weighted by Crippen LogP contribution is 2.35. The molecule has 0 spiro atoms. The summed E-state index contributed by atoms with van der Waals surface area (Å²) < 4.78 is 18.3. The molecule has 2 heterocycles. The molecule has 4 aromatic rings. The number of carbonyl (C=O) groups is 3. The molecular formula is C23H23FN6O4. The molecule has 0 atom stereocenters. The topological polar surface area (TPSA) is 131 Å². The van der Waals surface area contributed by atoms with Crippen LogP contribution in [0.4, 0.5) is 4.39 Å². The van der Waals surface area contributed by atoms with Gasteiger partial charge in [-0.2, -0.15) is 10.2 Å². The van der Waals surface area contributed by atoms with Crippen molar-refractivity contribution in [3.8, 4) is 11.1 Å². The lowest BCUT2D eigenvalue weighted by molar-refractivity contribution is -0.137. The molecular weight excluding hydrogens is 443 g/mol. The number of carboxylic acid groups (broad SMARTS) is 1. The van der Waals surface area contributed by atoms with E-state index in [1.54, 1.807) is 36.1 Å². The van der Waals surface area contributed by atoms with Crippen molar-refractivity contribution < 1.29 is 23.9 Å². The minimum Gasteiger partial charge on any atom is -0.480 e. The highest BCUT2D eigenvalue weighted by atomic mass is 19.1. The molecule has 0 aliphatic carbocycles. The summed E-state index contributed by atoms with van der Waals surface area (Å²) >= 11 is 0. The number of carboxylic acids is 1. The van der Waals surface area contributed by atoms with Gasteiger partial charge in [-0.15, -0.1) is 0 Å². The predicted molar refractivity (Wildman–Crippen MR) is 122 cm³/mol. The van der Waals surface area contributed by atoms with Gasteiger partial charge in [0.1, 0.15) is 18.9 Å². The fraction of sp³-hybridized carbons (Fsp3) is 0.261. The van der Waals surface area contributed by atoms with Crippen LogP contribution >= 0.6 is 0 Å². The second-order valence-corrected chi connectivity index (χ2v) is 7.76. The molecule has 11 heteroatoms. The van der Waals surface area contributed by atoms with Crippen molar-refractivity contribution in [1.82, 2.24) is 30.2 Å². The SMILES string of the molecule is CCc1nn(CC(=O)NCC(=O)NCC(=O)O)c2cccc(-c3cc4c(cnn4C)cc3F)c12. The van der Waals surface area contributed by atoms with Crippen LogP contribution in [0.25, 0.3) is 32.9 Å². The fourth-order valence-electron chi connectivity index (χ4n) is 3.89. The molecule has 0 unspecified atom stereocenters. The maximum Gasteiger partial charge on any atom is 0.322 e. The Morgan fingerprint density at radius 2 is 1.82 bits per heavy atom. The van der Waals surface area contributed by atoms with Crippen molar-refractivity contribution in [2.24, 2.45) is 7.05 Å². The molecule has 0 fully saturated rings. The molecule has 4 rings (SSSR count). The molecule has 34 heavy (non-hydrogen) atoms. The Labute approximate surface area is 193 Å². The summed E-state index contributed by atoms with van der Waals surface area (Å²) in [5.41, 5.74) is 3.23. The Hall–Kier alpha value is -4.28. The van der Waals surface area contributed by atoms with E-state index in [1.807, 2.05) is 13.0 Å². The van der Waals surface area contributed by atoms with E-state index >= 15 is 4.39 Å². The highest BCUT2D eigenvalue weighted by Gasteiger charge is 2.19. The third-order valence-electron chi connectivity index (χ3n) is 5.49. The number of nitrogens with zero attached hydrogens (tertiary/aromatic N) is 4. The molecule has 0 aliphatic rings. The number of halogens is 1. The molecule has 2 amide bonds. The van der Waals surface area contributed by atoms with Crippen molar-refractivity contribution in [2.75, 3.05) is 13.1 Å². The summed E-state index contributed by atoms with van der Waals surface area (Å²) in [7, 11) is 1.79. The summed E-state index contributed by atoms with van der Waals surface area (Å²) in [5.74, 6) is -2.64. The smallest absolute Gasteiger partial charge is 0.322 e. The molecule has 0 saturated heterocycles. The van der Waals surface area contributed by atoms with Crippen LogP contribution in [0.1, 0.15) is 12.6 Å². The number of rotatable bonds is 8. The minimum atomic E-state index is -1.18. The second-order valence-electron chi connectivity index (χ2n) is 7.76. The zero-order chi connectivity index (χ0) is 24.4. The molecule has 0 radical (unpaired) electrons. The number of hydrogen-bond acceptors (Lipinski definition) is 5. The molecule has 2 aromatic heterocycles. The lowest BCUT2D eigenvalue weighted by atomic mass is 9.98. The first-order valence-electron chi connectivity index (χ1n) is 10.6. The van der Waals surface area contributed by atoms with Crippen LogP contribution in [0.3, 0.4) is 0 Å². The quantitative estimate of drug-likeness (QED) is 0.362. The van der Waals surface area contributed by atoms with Crippen molar-refractivity contribution in [2.45, 2.75) is 19.9 Å². The van der Waals surface area contributed by atoms with Gasteiger partial charge >= 0.3 is 5.97 Å². The van der Waals surface area contributed by atoms with Gasteiger partial charge in [-0.25, -0.2) is 4.39 Å². The summed E-state index contributed by atoms with van der Waals surface area (Å²) in [4.78, 5) is 34.6. The van der Waals surface area contributed by atoms with Crippen LogP contribution in [0.2, 0.25) is 0 Å². The lowest BCUT2D eigenvalue weighted by Crippen LogP contribution is -2.40. The zero-order valence-electron chi connectivity index (χ0n) is 18.6. The number of fused-ring (bicyclic) bond motifs is 2. The normalized spacial score (nSPS) is 11.1. The van der Waals surface area contributed by atoms with Crippen molar-refractivity contribution in [3.63, 3.8) is 0 Å². The summed E-state index contributed by atoms with van der Waals surface area (Å²) in [6.07, 6.45) is 2.17. The number of nitrogens with one attached hydrogen (secondary N) is 2. The molecule has 0 saturated carbocycles. The third kappa shape index (κ3) is 4.45. The van der Waals surface area contributed by atoms with Gasteiger partial charge in [0.05, 0.1) is 29.5 Å². The fourth-order valence-corrected chi connectivity index (χ4v) is 3.89. The average molecular weight is 466 g/mol. The van der Waals surface area contributed by atoms with E-state index in [2.05, 4.69) is 20.8 Å². The number of hydrogen-bond donors (Lipinski definition) is 3. The maximum absolute atomic E-state index is 15.1. The van der Waals surface area contributed by atoms with E-state index in [4.69, 9.17) is 5.11 Å². The summed E-state index contributed by atoms with van der Waals surface area (Å²) in [6.45, 7) is 0.890. The molecule has 176 valence electrons. The molecule has 10 nitrogen and oxygen atoms in total. The number of aromatic nitrogens is 4. The summed E-state index contributed by atoms with van der Waals surface area (Å²) in [5, 5.41) is 23.4. The monoisotopic (exact) mass is 466 g/mol. The molecule has 3 N–H and O–H groups in total. The molecule has 0 bridgehead atoms. The van der Waals surface area contributed by atoms with Gasteiger partial charge in [0.15, 0.2) is 0 Å². The zero-order valence-corrected chi connectivity index (χ0v) is 18.6. The third-order valence-corrected chi connectivity index (χ3v) is 5.49. The van der Waals surface area contributed by atoms with E-state index in [1.165, 1.54) is 10.7 Å². The van der Waals surface area contributed by atoms with Crippen LogP contribution in [0.15, 0.2) is 36.5 Å². The Balaban J connectivity index is 1.64. The van der Waals surface area contributed by atoms with Gasteiger partial charge in [-0.3, -0.25) is 23.7 Å². The molecule has 0 aliphatic heterocycles. The number of benzene rings is 2. The van der Waals surface area contributed by atoms with Crippen LogP contribution in [0.5, 0.6) is 0 Å². The number of amides is 2. The first-order valence-corrected chi connectivity index (χ1v) is 10.6.